The molecule has 0 radical (unpaired) electrons. The number of hydrogen-bond acceptors (Lipinski definition) is 3. The van der Waals surface area contributed by atoms with Crippen LogP contribution in [-0.4, -0.2) is 51.2 Å². The number of aromatic nitrogens is 2. The first-order valence-corrected chi connectivity index (χ1v) is 13.0. The van der Waals surface area contributed by atoms with Gasteiger partial charge in [0, 0.05) is 45.8 Å². The summed E-state index contributed by atoms with van der Waals surface area (Å²) in [5.41, 5.74) is 4.79. The summed E-state index contributed by atoms with van der Waals surface area (Å²) in [7, 11) is 0. The third-order valence-corrected chi connectivity index (χ3v) is 7.48. The van der Waals surface area contributed by atoms with Gasteiger partial charge in [-0.1, -0.05) is 46.9 Å². The fourth-order valence-electron chi connectivity index (χ4n) is 3.93. The largest absolute Gasteiger partial charge is 0.353 e. The lowest BCUT2D eigenvalue weighted by molar-refractivity contribution is 0.460. The molecule has 0 unspecified atom stereocenters. The van der Waals surface area contributed by atoms with Gasteiger partial charge in [-0.3, -0.25) is 4.99 Å². The average Bonchev–Trinajstić information content (AvgIpc) is 3.55. The molecule has 4 nitrogen and oxygen atoms in total. The van der Waals surface area contributed by atoms with Crippen molar-refractivity contribution < 1.29 is 0 Å². The van der Waals surface area contributed by atoms with Gasteiger partial charge in [0.25, 0.3) is 0 Å². The van der Waals surface area contributed by atoms with E-state index in [1.807, 2.05) is 52.8 Å². The molecule has 166 valence electrons. The molecule has 3 aromatic rings. The van der Waals surface area contributed by atoms with Crippen molar-refractivity contribution in [1.82, 2.24) is 14.7 Å². The van der Waals surface area contributed by atoms with Gasteiger partial charge < -0.3 is 4.90 Å². The highest BCUT2D eigenvalue weighted by molar-refractivity contribution is 7.99. The number of benzene rings is 2. The molecule has 0 atom stereocenters. The van der Waals surface area contributed by atoms with Crippen molar-refractivity contribution >= 4 is 52.4 Å². The van der Waals surface area contributed by atoms with E-state index in [2.05, 4.69) is 11.8 Å². The number of halogens is 3. The van der Waals surface area contributed by atoms with E-state index in [1.165, 1.54) is 0 Å². The van der Waals surface area contributed by atoms with E-state index in [1.54, 1.807) is 6.07 Å². The summed E-state index contributed by atoms with van der Waals surface area (Å²) in [5, 5.41) is 6.95. The molecule has 2 fully saturated rings. The molecule has 5 rings (SSSR count). The summed E-state index contributed by atoms with van der Waals surface area (Å²) < 4.78 is 1.92. The standard InChI is InChI=1S/C24H23Cl3N4S/c1-15-22(24(28-19-7-8-19)30-10-12-32-13-11-30)29-31(21-9-6-18(26)14-20(21)27)23(15)16-2-4-17(25)5-3-16/h2-6,9,14,19H,7-8,10-13H2,1H3. The first-order chi connectivity index (χ1) is 15.5. The van der Waals surface area contributed by atoms with Gasteiger partial charge in [-0.2, -0.15) is 16.9 Å². The van der Waals surface area contributed by atoms with E-state index >= 15 is 0 Å². The van der Waals surface area contributed by atoms with Crippen LogP contribution in [-0.2, 0) is 0 Å². The second-order valence-electron chi connectivity index (χ2n) is 8.12. The zero-order chi connectivity index (χ0) is 22.2. The third-order valence-electron chi connectivity index (χ3n) is 5.75. The summed E-state index contributed by atoms with van der Waals surface area (Å²) in [6, 6.07) is 13.7. The molecule has 1 saturated carbocycles. The van der Waals surface area contributed by atoms with Crippen molar-refractivity contribution in [2.45, 2.75) is 25.8 Å². The number of rotatable bonds is 4. The highest BCUT2D eigenvalue weighted by Crippen LogP contribution is 2.35. The minimum atomic E-state index is 0.405. The summed E-state index contributed by atoms with van der Waals surface area (Å²) in [6.07, 6.45) is 2.30. The average molecular weight is 506 g/mol. The lowest BCUT2D eigenvalue weighted by atomic mass is 10.1. The van der Waals surface area contributed by atoms with Crippen molar-refractivity contribution in [3.63, 3.8) is 0 Å². The fourth-order valence-corrected chi connectivity index (χ4v) is 5.44. The molecule has 1 aliphatic carbocycles. The van der Waals surface area contributed by atoms with E-state index in [0.29, 0.717) is 21.1 Å². The van der Waals surface area contributed by atoms with Gasteiger partial charge in [-0.05, 0) is 50.1 Å². The monoisotopic (exact) mass is 504 g/mol. The lowest BCUT2D eigenvalue weighted by Crippen LogP contribution is -2.39. The van der Waals surface area contributed by atoms with Crippen LogP contribution in [0.3, 0.4) is 0 Å². The summed E-state index contributed by atoms with van der Waals surface area (Å²) in [6.45, 7) is 4.09. The van der Waals surface area contributed by atoms with Crippen LogP contribution in [0.2, 0.25) is 15.1 Å². The quantitative estimate of drug-likeness (QED) is 0.290. The Morgan fingerprint density at radius 2 is 1.69 bits per heavy atom. The first kappa shape index (κ1) is 22.1. The van der Waals surface area contributed by atoms with Gasteiger partial charge in [0.1, 0.15) is 5.69 Å². The van der Waals surface area contributed by atoms with E-state index in [0.717, 1.165) is 71.5 Å². The van der Waals surface area contributed by atoms with E-state index in [4.69, 9.17) is 44.9 Å². The maximum absolute atomic E-state index is 6.62. The maximum atomic E-state index is 6.62. The SMILES string of the molecule is Cc1c(C(=NC2CC2)N2CCSCC2)nn(-c2ccc(Cl)cc2Cl)c1-c1ccc(Cl)cc1. The van der Waals surface area contributed by atoms with Crippen molar-refractivity contribution in [2.75, 3.05) is 24.6 Å². The highest BCUT2D eigenvalue weighted by atomic mass is 35.5. The Morgan fingerprint density at radius 1 is 1.00 bits per heavy atom. The molecule has 0 amide bonds. The number of aliphatic imine (C=N–C) groups is 1. The first-order valence-electron chi connectivity index (χ1n) is 10.7. The summed E-state index contributed by atoms with van der Waals surface area (Å²) in [5.74, 6) is 3.22. The second kappa shape index (κ2) is 9.30. The van der Waals surface area contributed by atoms with Gasteiger partial charge in [0.15, 0.2) is 5.84 Å². The number of nitrogens with zero attached hydrogens (tertiary/aromatic N) is 4. The van der Waals surface area contributed by atoms with Gasteiger partial charge in [0.2, 0.25) is 0 Å². The Hall–Kier alpha value is -1.66. The van der Waals surface area contributed by atoms with Gasteiger partial charge in [0.05, 0.1) is 22.4 Å². The van der Waals surface area contributed by atoms with E-state index in [9.17, 15) is 0 Å². The molecule has 8 heteroatoms. The zero-order valence-corrected chi connectivity index (χ0v) is 20.8. The topological polar surface area (TPSA) is 33.4 Å². The molecule has 1 saturated heterocycles. The minimum absolute atomic E-state index is 0.405. The third kappa shape index (κ3) is 4.54. The predicted molar refractivity (Wildman–Crippen MR) is 137 cm³/mol. The van der Waals surface area contributed by atoms with Crippen LogP contribution in [0.5, 0.6) is 0 Å². The Morgan fingerprint density at radius 3 is 2.34 bits per heavy atom. The Balaban J connectivity index is 1.70. The van der Waals surface area contributed by atoms with Crippen LogP contribution in [0.4, 0.5) is 0 Å². The lowest BCUT2D eigenvalue weighted by Gasteiger charge is -2.29. The maximum Gasteiger partial charge on any atom is 0.152 e. The summed E-state index contributed by atoms with van der Waals surface area (Å²) >= 11 is 21.0. The van der Waals surface area contributed by atoms with Crippen LogP contribution in [0.25, 0.3) is 16.9 Å². The Kier molecular flexibility index (Phi) is 6.44. The molecular weight excluding hydrogens is 483 g/mol. The van der Waals surface area contributed by atoms with E-state index < -0.39 is 0 Å². The van der Waals surface area contributed by atoms with Crippen molar-refractivity contribution in [2.24, 2.45) is 4.99 Å². The van der Waals surface area contributed by atoms with Crippen LogP contribution in [0, 0.1) is 6.92 Å². The zero-order valence-electron chi connectivity index (χ0n) is 17.7. The number of amidine groups is 1. The van der Waals surface area contributed by atoms with Crippen LogP contribution in [0.15, 0.2) is 47.5 Å². The molecular formula is C24H23Cl3N4S. The molecule has 1 aromatic heterocycles. The Bertz CT molecular complexity index is 1160. The van der Waals surface area contributed by atoms with Gasteiger partial charge in [-0.15, -0.1) is 0 Å². The molecule has 32 heavy (non-hydrogen) atoms. The Labute approximate surface area is 207 Å². The number of thioether (sulfide) groups is 1. The van der Waals surface area contributed by atoms with Crippen molar-refractivity contribution in [1.29, 1.82) is 0 Å². The van der Waals surface area contributed by atoms with Gasteiger partial charge in [-0.25, -0.2) is 4.68 Å². The minimum Gasteiger partial charge on any atom is -0.353 e. The smallest absolute Gasteiger partial charge is 0.152 e. The molecule has 2 aromatic carbocycles. The predicted octanol–water partition coefficient (Wildman–Crippen LogP) is 6.77. The molecule has 0 spiro atoms. The van der Waals surface area contributed by atoms with E-state index in [-0.39, 0.29) is 0 Å². The van der Waals surface area contributed by atoms with Crippen molar-refractivity contribution in [3.05, 3.63) is 68.8 Å². The van der Waals surface area contributed by atoms with Crippen LogP contribution in [0.1, 0.15) is 24.1 Å². The molecule has 0 bridgehead atoms. The van der Waals surface area contributed by atoms with Crippen LogP contribution >= 0.6 is 46.6 Å². The fraction of sp³-hybridized carbons (Fsp3) is 0.333. The van der Waals surface area contributed by atoms with Gasteiger partial charge >= 0.3 is 0 Å². The van der Waals surface area contributed by atoms with Crippen molar-refractivity contribution in [3.8, 4) is 16.9 Å². The molecule has 2 heterocycles. The molecule has 1 aliphatic heterocycles. The normalized spacial score (nSPS) is 17.1. The van der Waals surface area contributed by atoms with Crippen LogP contribution < -0.4 is 0 Å². The molecule has 0 N–H and O–H groups in total. The second-order valence-corrected chi connectivity index (χ2v) is 10.6. The number of hydrogen-bond donors (Lipinski definition) is 0. The molecule has 2 aliphatic rings. The highest BCUT2D eigenvalue weighted by Gasteiger charge is 2.29. The summed E-state index contributed by atoms with van der Waals surface area (Å²) in [4.78, 5) is 7.51.